The van der Waals surface area contributed by atoms with E-state index in [1.807, 2.05) is 39.0 Å². The Hall–Kier alpha value is -2.14. The van der Waals surface area contributed by atoms with Gasteiger partial charge in [0.15, 0.2) is 0 Å². The van der Waals surface area contributed by atoms with Crippen LogP contribution in [0.3, 0.4) is 0 Å². The number of ether oxygens (including phenoxy) is 1. The molecule has 0 aliphatic heterocycles. The molecule has 1 aromatic heterocycles. The Morgan fingerprint density at radius 1 is 1.12 bits per heavy atom. The van der Waals surface area contributed by atoms with Gasteiger partial charge in [-0.05, 0) is 29.0 Å². The molecule has 2 aromatic rings. The summed E-state index contributed by atoms with van der Waals surface area (Å²) in [4.78, 5) is 20.3. The van der Waals surface area contributed by atoms with Crippen LogP contribution in [0, 0.1) is 5.41 Å². The van der Waals surface area contributed by atoms with E-state index in [2.05, 4.69) is 36.1 Å². The second-order valence-corrected chi connectivity index (χ2v) is 8.91. The summed E-state index contributed by atoms with van der Waals surface area (Å²) in [5, 5.41) is 3.57. The summed E-state index contributed by atoms with van der Waals surface area (Å²) in [7, 11) is 0. The van der Waals surface area contributed by atoms with Gasteiger partial charge in [-0.2, -0.15) is 0 Å². The average molecular weight is 376 g/mol. The summed E-state index contributed by atoms with van der Waals surface area (Å²) in [6.45, 7) is 12.3. The Labute approximate surface area is 160 Å². The zero-order valence-electron chi connectivity index (χ0n) is 16.2. The molecule has 2 rings (SSSR count). The molecule has 0 saturated heterocycles. The molecular weight excluding hydrogens is 350 g/mol. The molecule has 0 aliphatic carbocycles. The first kappa shape index (κ1) is 20.2. The number of nitrogens with zero attached hydrogens (tertiary/aromatic N) is 2. The molecule has 0 saturated carbocycles. The Bertz CT molecular complexity index is 792. The van der Waals surface area contributed by atoms with Crippen LogP contribution in [-0.4, -0.2) is 15.9 Å². The highest BCUT2D eigenvalue weighted by Crippen LogP contribution is 2.35. The lowest BCUT2D eigenvalue weighted by Gasteiger charge is -2.24. The van der Waals surface area contributed by atoms with Crippen LogP contribution in [0.25, 0.3) is 0 Å². The van der Waals surface area contributed by atoms with Crippen LogP contribution in [0.4, 0.5) is 11.5 Å². The summed E-state index contributed by atoms with van der Waals surface area (Å²) < 4.78 is 5.66. The van der Waals surface area contributed by atoms with Crippen LogP contribution >= 0.6 is 11.6 Å². The fraction of sp³-hybridized carbons (Fsp3) is 0.450. The van der Waals surface area contributed by atoms with Crippen LogP contribution in [0.1, 0.15) is 53.5 Å². The maximum Gasteiger partial charge on any atom is 0.311 e. The van der Waals surface area contributed by atoms with Crippen molar-refractivity contribution in [2.45, 2.75) is 53.4 Å². The molecule has 1 N–H and O–H groups in total. The minimum atomic E-state index is -0.230. The number of hydrogen-bond donors (Lipinski definition) is 1. The largest absolute Gasteiger partial charge is 0.426 e. The van der Waals surface area contributed by atoms with Crippen molar-refractivity contribution < 1.29 is 9.53 Å². The van der Waals surface area contributed by atoms with Crippen molar-refractivity contribution in [1.82, 2.24) is 9.97 Å². The van der Waals surface area contributed by atoms with Gasteiger partial charge in [0.05, 0.1) is 6.42 Å². The van der Waals surface area contributed by atoms with Gasteiger partial charge in [0, 0.05) is 17.3 Å². The van der Waals surface area contributed by atoms with Gasteiger partial charge in [-0.3, -0.25) is 4.79 Å². The average Bonchev–Trinajstić information content (AvgIpc) is 2.45. The fourth-order valence-electron chi connectivity index (χ4n) is 2.42. The molecule has 0 spiro atoms. The summed E-state index contributed by atoms with van der Waals surface area (Å²) in [6, 6.07) is 7.28. The number of benzene rings is 1. The quantitative estimate of drug-likeness (QED) is 0.433. The molecule has 0 amide bonds. The fourth-order valence-corrected chi connectivity index (χ4v) is 2.57. The molecule has 0 unspecified atom stereocenters. The van der Waals surface area contributed by atoms with Crippen molar-refractivity contribution in [3.8, 4) is 5.75 Å². The number of aromatic nitrogens is 2. The smallest absolute Gasteiger partial charge is 0.311 e. The van der Waals surface area contributed by atoms with Crippen LogP contribution < -0.4 is 10.1 Å². The second kappa shape index (κ2) is 7.62. The van der Waals surface area contributed by atoms with Gasteiger partial charge in [0.1, 0.15) is 23.0 Å². The topological polar surface area (TPSA) is 64.1 Å². The third kappa shape index (κ3) is 5.99. The van der Waals surface area contributed by atoms with E-state index in [1.54, 1.807) is 6.07 Å². The monoisotopic (exact) mass is 375 g/mol. The molecule has 0 atom stereocenters. The van der Waals surface area contributed by atoms with Gasteiger partial charge in [0.25, 0.3) is 0 Å². The number of anilines is 2. The van der Waals surface area contributed by atoms with Crippen molar-refractivity contribution in [2.24, 2.45) is 5.41 Å². The lowest BCUT2D eigenvalue weighted by atomic mass is 9.86. The first-order chi connectivity index (χ1) is 11.9. The SMILES string of the molecule is CC(C)(C)CC(=O)Oc1ccc(Nc2cc(Cl)ncn2)cc1C(C)(C)C. The summed E-state index contributed by atoms with van der Waals surface area (Å²) >= 11 is 5.90. The van der Waals surface area contributed by atoms with Gasteiger partial charge in [0.2, 0.25) is 0 Å². The van der Waals surface area contributed by atoms with Crippen molar-refractivity contribution >= 4 is 29.1 Å². The third-order valence-electron chi connectivity index (χ3n) is 3.59. The molecule has 0 aliphatic rings. The predicted molar refractivity (Wildman–Crippen MR) is 105 cm³/mol. The summed E-state index contributed by atoms with van der Waals surface area (Å²) in [5.41, 5.74) is 1.45. The minimum Gasteiger partial charge on any atom is -0.426 e. The lowest BCUT2D eigenvalue weighted by molar-refractivity contribution is -0.136. The number of carbonyl (C=O) groups excluding carboxylic acids is 1. The number of halogens is 1. The molecular formula is C20H26ClN3O2. The first-order valence-electron chi connectivity index (χ1n) is 8.54. The Kier molecular flexibility index (Phi) is 5.91. The van der Waals surface area contributed by atoms with Gasteiger partial charge in [-0.25, -0.2) is 9.97 Å². The molecule has 1 aromatic carbocycles. The number of hydrogen-bond acceptors (Lipinski definition) is 5. The number of carbonyl (C=O) groups is 1. The highest BCUT2D eigenvalue weighted by molar-refractivity contribution is 6.29. The highest BCUT2D eigenvalue weighted by atomic mass is 35.5. The van der Waals surface area contributed by atoms with Gasteiger partial charge in [-0.15, -0.1) is 0 Å². The molecule has 0 bridgehead atoms. The molecule has 0 fully saturated rings. The van der Waals surface area contributed by atoms with E-state index in [1.165, 1.54) is 6.33 Å². The van der Waals surface area contributed by atoms with Gasteiger partial charge >= 0.3 is 5.97 Å². The molecule has 1 heterocycles. The van der Waals surface area contributed by atoms with E-state index >= 15 is 0 Å². The number of rotatable bonds is 4. The van der Waals surface area contributed by atoms with E-state index in [-0.39, 0.29) is 16.8 Å². The van der Waals surface area contributed by atoms with E-state index in [0.717, 1.165) is 11.3 Å². The first-order valence-corrected chi connectivity index (χ1v) is 8.92. The van der Waals surface area contributed by atoms with Crippen molar-refractivity contribution in [1.29, 1.82) is 0 Å². The van der Waals surface area contributed by atoms with E-state index < -0.39 is 0 Å². The Morgan fingerprint density at radius 2 is 1.81 bits per heavy atom. The molecule has 140 valence electrons. The summed E-state index contributed by atoms with van der Waals surface area (Å²) in [5.74, 6) is 0.951. The zero-order chi connectivity index (χ0) is 19.5. The molecule has 0 radical (unpaired) electrons. The standard InChI is InChI=1S/C20H26ClN3O2/c1-19(2,3)11-18(25)26-15-8-7-13(9-14(15)20(4,5)6)24-17-10-16(21)22-12-23-17/h7-10,12H,11H2,1-6H3,(H,22,23,24). The second-order valence-electron chi connectivity index (χ2n) is 8.52. The van der Waals surface area contributed by atoms with Crippen molar-refractivity contribution in [3.05, 3.63) is 41.3 Å². The predicted octanol–water partition coefficient (Wildman–Crippen LogP) is 5.51. The van der Waals surface area contributed by atoms with Crippen LogP contribution in [-0.2, 0) is 10.2 Å². The maximum absolute atomic E-state index is 12.3. The Balaban J connectivity index is 2.28. The van der Waals surface area contributed by atoms with Crippen molar-refractivity contribution in [2.75, 3.05) is 5.32 Å². The van der Waals surface area contributed by atoms with Gasteiger partial charge < -0.3 is 10.1 Å². The van der Waals surface area contributed by atoms with E-state index in [4.69, 9.17) is 16.3 Å². The normalized spacial score (nSPS) is 12.0. The Morgan fingerprint density at radius 3 is 2.38 bits per heavy atom. The van der Waals surface area contributed by atoms with Gasteiger partial charge in [-0.1, -0.05) is 53.1 Å². The van der Waals surface area contributed by atoms with E-state index in [0.29, 0.717) is 23.1 Å². The zero-order valence-corrected chi connectivity index (χ0v) is 16.9. The van der Waals surface area contributed by atoms with E-state index in [9.17, 15) is 4.79 Å². The minimum absolute atomic E-state index is 0.118. The lowest BCUT2D eigenvalue weighted by Crippen LogP contribution is -2.20. The van der Waals surface area contributed by atoms with Crippen LogP contribution in [0.2, 0.25) is 5.15 Å². The maximum atomic E-state index is 12.3. The van der Waals surface area contributed by atoms with Crippen LogP contribution in [0.5, 0.6) is 5.75 Å². The van der Waals surface area contributed by atoms with Crippen LogP contribution in [0.15, 0.2) is 30.6 Å². The third-order valence-corrected chi connectivity index (χ3v) is 3.80. The summed E-state index contributed by atoms with van der Waals surface area (Å²) in [6.07, 6.45) is 1.76. The number of nitrogens with one attached hydrogen (secondary N) is 1. The molecule has 5 nitrogen and oxygen atoms in total. The van der Waals surface area contributed by atoms with Crippen molar-refractivity contribution in [3.63, 3.8) is 0 Å². The molecule has 6 heteroatoms. The highest BCUT2D eigenvalue weighted by Gasteiger charge is 2.23. The molecule has 26 heavy (non-hydrogen) atoms. The number of esters is 1.